The molecule has 0 radical (unpaired) electrons. The molecule has 0 spiro atoms. The molecule has 2 N–H and O–H groups in total. The van der Waals surface area contributed by atoms with Gasteiger partial charge in [0, 0.05) is 18.3 Å². The van der Waals surface area contributed by atoms with Crippen molar-refractivity contribution in [3.63, 3.8) is 0 Å². The van der Waals surface area contributed by atoms with E-state index in [-0.39, 0.29) is 11.6 Å². The first kappa shape index (κ1) is 16.4. The van der Waals surface area contributed by atoms with Gasteiger partial charge in [-0.3, -0.25) is 9.78 Å². The average molecular weight is 354 g/mol. The van der Waals surface area contributed by atoms with Crippen molar-refractivity contribution < 1.29 is 13.6 Å². The first-order chi connectivity index (χ1) is 12.5. The fourth-order valence-corrected chi connectivity index (χ4v) is 3.51. The van der Waals surface area contributed by atoms with Crippen LogP contribution >= 0.6 is 0 Å². The zero-order valence-electron chi connectivity index (χ0n) is 13.8. The number of nitrogens with two attached hydrogens (primary N) is 1. The van der Waals surface area contributed by atoms with Crippen molar-refractivity contribution in [1.82, 2.24) is 9.97 Å². The summed E-state index contributed by atoms with van der Waals surface area (Å²) in [6.45, 7) is 0.658. The SMILES string of the molecule is NC(=O)c1ccnc2ccc(N3CCC[C@@H]3c3cc(F)ccc3F)nc12. The number of primary amides is 1. The molecule has 1 amide bonds. The average Bonchev–Trinajstić information content (AvgIpc) is 3.12. The fraction of sp³-hybridized carbons (Fsp3) is 0.211. The number of hydrogen-bond acceptors (Lipinski definition) is 4. The van der Waals surface area contributed by atoms with Crippen LogP contribution in [0.1, 0.15) is 34.8 Å². The summed E-state index contributed by atoms with van der Waals surface area (Å²) in [4.78, 5) is 22.3. The Balaban J connectivity index is 1.80. The molecule has 0 saturated carbocycles. The molecule has 1 saturated heterocycles. The number of rotatable bonds is 3. The smallest absolute Gasteiger partial charge is 0.251 e. The normalized spacial score (nSPS) is 17.0. The third-order valence-electron chi connectivity index (χ3n) is 4.70. The quantitative estimate of drug-likeness (QED) is 0.783. The lowest BCUT2D eigenvalue weighted by atomic mass is 10.0. The van der Waals surface area contributed by atoms with Gasteiger partial charge in [-0.25, -0.2) is 13.8 Å². The summed E-state index contributed by atoms with van der Waals surface area (Å²) >= 11 is 0. The summed E-state index contributed by atoms with van der Waals surface area (Å²) in [7, 11) is 0. The largest absolute Gasteiger partial charge is 0.366 e. The molecule has 3 aromatic rings. The summed E-state index contributed by atoms with van der Waals surface area (Å²) in [6.07, 6.45) is 3.02. The minimum absolute atomic E-state index is 0.282. The molecule has 26 heavy (non-hydrogen) atoms. The Labute approximate surface area is 148 Å². The minimum Gasteiger partial charge on any atom is -0.366 e. The molecule has 7 heteroatoms. The van der Waals surface area contributed by atoms with Gasteiger partial charge in [0.15, 0.2) is 0 Å². The molecule has 132 valence electrons. The van der Waals surface area contributed by atoms with E-state index in [2.05, 4.69) is 9.97 Å². The maximum Gasteiger partial charge on any atom is 0.251 e. The third kappa shape index (κ3) is 2.75. The highest BCUT2D eigenvalue weighted by Crippen LogP contribution is 2.37. The number of anilines is 1. The van der Waals surface area contributed by atoms with Crippen LogP contribution in [-0.4, -0.2) is 22.4 Å². The number of fused-ring (bicyclic) bond motifs is 1. The Morgan fingerprint density at radius 1 is 1.19 bits per heavy atom. The lowest BCUT2D eigenvalue weighted by molar-refractivity contribution is 0.100. The van der Waals surface area contributed by atoms with E-state index in [0.29, 0.717) is 35.4 Å². The number of halogens is 2. The fourth-order valence-electron chi connectivity index (χ4n) is 3.51. The van der Waals surface area contributed by atoms with Gasteiger partial charge < -0.3 is 10.6 Å². The molecule has 0 bridgehead atoms. The van der Waals surface area contributed by atoms with Gasteiger partial charge in [0.2, 0.25) is 0 Å². The number of carbonyl (C=O) groups excluding carboxylic acids is 1. The standard InChI is InChI=1S/C19H16F2N4O/c20-11-3-4-14(21)13(10-11)16-2-1-9-25(16)17-6-5-15-18(24-17)12(19(22)26)7-8-23-15/h3-8,10,16H,1-2,9H2,(H2,22,26)/t16-/m1/s1. The number of hydrogen-bond donors (Lipinski definition) is 1. The number of aromatic nitrogens is 2. The van der Waals surface area contributed by atoms with Crippen LogP contribution in [0.3, 0.4) is 0 Å². The summed E-state index contributed by atoms with van der Waals surface area (Å²) in [5, 5.41) is 0. The topological polar surface area (TPSA) is 72.1 Å². The molecule has 1 aliphatic heterocycles. The van der Waals surface area contributed by atoms with E-state index in [4.69, 9.17) is 5.73 Å². The summed E-state index contributed by atoms with van der Waals surface area (Å²) in [5.41, 5.74) is 6.98. The number of benzene rings is 1. The molecule has 5 nitrogen and oxygen atoms in total. The van der Waals surface area contributed by atoms with E-state index < -0.39 is 17.5 Å². The Morgan fingerprint density at radius 2 is 2.04 bits per heavy atom. The molecule has 0 aliphatic carbocycles. The molecular formula is C19H16F2N4O. The van der Waals surface area contributed by atoms with E-state index in [1.165, 1.54) is 18.3 Å². The molecule has 1 aromatic carbocycles. The van der Waals surface area contributed by atoms with Crippen molar-refractivity contribution in [2.24, 2.45) is 5.73 Å². The van der Waals surface area contributed by atoms with E-state index >= 15 is 0 Å². The van der Waals surface area contributed by atoms with Gasteiger partial charge in [0.05, 0.1) is 17.1 Å². The van der Waals surface area contributed by atoms with Crippen LogP contribution in [0.5, 0.6) is 0 Å². The van der Waals surface area contributed by atoms with Crippen molar-refractivity contribution in [3.8, 4) is 0 Å². The molecule has 4 rings (SSSR count). The highest BCUT2D eigenvalue weighted by atomic mass is 19.1. The van der Waals surface area contributed by atoms with E-state index in [0.717, 1.165) is 18.6 Å². The van der Waals surface area contributed by atoms with Crippen molar-refractivity contribution >= 4 is 22.8 Å². The zero-order chi connectivity index (χ0) is 18.3. The van der Waals surface area contributed by atoms with E-state index in [1.54, 1.807) is 12.1 Å². The van der Waals surface area contributed by atoms with Gasteiger partial charge in [-0.2, -0.15) is 0 Å². The van der Waals surface area contributed by atoms with Crippen LogP contribution in [0.4, 0.5) is 14.6 Å². The van der Waals surface area contributed by atoms with Gasteiger partial charge in [-0.1, -0.05) is 0 Å². The maximum absolute atomic E-state index is 14.2. The van der Waals surface area contributed by atoms with Crippen molar-refractivity contribution in [2.45, 2.75) is 18.9 Å². The highest BCUT2D eigenvalue weighted by molar-refractivity contribution is 6.03. The van der Waals surface area contributed by atoms with Crippen molar-refractivity contribution in [1.29, 1.82) is 0 Å². The van der Waals surface area contributed by atoms with E-state index in [1.807, 2.05) is 4.90 Å². The Bertz CT molecular complexity index is 1010. The molecule has 0 unspecified atom stereocenters. The molecule has 1 aliphatic rings. The summed E-state index contributed by atoms with van der Waals surface area (Å²) in [5.74, 6) is -0.918. The molecule has 3 heterocycles. The maximum atomic E-state index is 14.2. The van der Waals surface area contributed by atoms with Crippen LogP contribution in [0.15, 0.2) is 42.6 Å². The van der Waals surface area contributed by atoms with Gasteiger partial charge in [-0.15, -0.1) is 0 Å². The van der Waals surface area contributed by atoms with Gasteiger partial charge in [0.1, 0.15) is 23.0 Å². The lowest BCUT2D eigenvalue weighted by Crippen LogP contribution is -2.24. The zero-order valence-corrected chi connectivity index (χ0v) is 13.8. The Morgan fingerprint density at radius 3 is 2.85 bits per heavy atom. The molecule has 2 aromatic heterocycles. The van der Waals surface area contributed by atoms with Crippen LogP contribution in [-0.2, 0) is 0 Å². The summed E-state index contributed by atoms with van der Waals surface area (Å²) < 4.78 is 27.9. The van der Waals surface area contributed by atoms with Gasteiger partial charge in [0.25, 0.3) is 5.91 Å². The summed E-state index contributed by atoms with van der Waals surface area (Å²) in [6, 6.07) is 8.22. The van der Waals surface area contributed by atoms with Crippen LogP contribution < -0.4 is 10.6 Å². The van der Waals surface area contributed by atoms with Crippen LogP contribution in [0.2, 0.25) is 0 Å². The Hall–Kier alpha value is -3.09. The molecule has 1 atom stereocenters. The van der Waals surface area contributed by atoms with Crippen molar-refractivity contribution in [2.75, 3.05) is 11.4 Å². The first-order valence-electron chi connectivity index (χ1n) is 8.32. The van der Waals surface area contributed by atoms with E-state index in [9.17, 15) is 13.6 Å². The molecular weight excluding hydrogens is 338 g/mol. The second kappa shape index (κ2) is 6.33. The van der Waals surface area contributed by atoms with Gasteiger partial charge in [-0.05, 0) is 49.2 Å². The Kier molecular flexibility index (Phi) is 3.99. The predicted molar refractivity (Wildman–Crippen MR) is 93.7 cm³/mol. The second-order valence-electron chi connectivity index (χ2n) is 6.28. The number of nitrogens with zero attached hydrogens (tertiary/aromatic N) is 3. The molecule has 1 fully saturated rings. The second-order valence-corrected chi connectivity index (χ2v) is 6.28. The highest BCUT2D eigenvalue weighted by Gasteiger charge is 2.30. The minimum atomic E-state index is -0.587. The number of amides is 1. The predicted octanol–water partition coefficient (Wildman–Crippen LogP) is 3.35. The number of pyridine rings is 2. The lowest BCUT2D eigenvalue weighted by Gasteiger charge is -2.26. The monoisotopic (exact) mass is 354 g/mol. The first-order valence-corrected chi connectivity index (χ1v) is 8.32. The van der Waals surface area contributed by atoms with Crippen LogP contribution in [0, 0.1) is 11.6 Å². The third-order valence-corrected chi connectivity index (χ3v) is 4.70. The number of carbonyl (C=O) groups is 1. The van der Waals surface area contributed by atoms with Gasteiger partial charge >= 0.3 is 0 Å². The van der Waals surface area contributed by atoms with Crippen LogP contribution in [0.25, 0.3) is 11.0 Å². The van der Waals surface area contributed by atoms with Crippen molar-refractivity contribution in [3.05, 3.63) is 65.4 Å².